The summed E-state index contributed by atoms with van der Waals surface area (Å²) >= 11 is 0. The highest BCUT2D eigenvalue weighted by Gasteiger charge is 2.25. The molecule has 4 nitrogen and oxygen atoms in total. The molecule has 1 saturated heterocycles. The van der Waals surface area contributed by atoms with Gasteiger partial charge in [-0.05, 0) is 50.3 Å². The molecule has 3 rings (SSSR count). The number of anilines is 1. The number of aromatic nitrogens is 1. The van der Waals surface area contributed by atoms with E-state index < -0.39 is 0 Å². The number of piperidine rings is 1. The van der Waals surface area contributed by atoms with E-state index in [1.165, 1.54) is 24.6 Å². The zero-order valence-corrected chi connectivity index (χ0v) is 13.0. The third-order valence-electron chi connectivity index (χ3n) is 4.40. The number of pyridine rings is 1. The van der Waals surface area contributed by atoms with Gasteiger partial charge in [0.2, 0.25) is 0 Å². The Kier molecular flexibility index (Phi) is 3.97. The number of nitrogens with zero attached hydrogens (tertiary/aromatic N) is 2. The van der Waals surface area contributed by atoms with Crippen LogP contribution in [0.5, 0.6) is 5.75 Å². The third kappa shape index (κ3) is 2.81. The Morgan fingerprint density at radius 1 is 1.19 bits per heavy atom. The van der Waals surface area contributed by atoms with E-state index in [1.54, 1.807) is 7.11 Å². The molecule has 0 amide bonds. The molecular formula is C17H23N3O. The van der Waals surface area contributed by atoms with Crippen molar-refractivity contribution in [1.82, 2.24) is 9.99 Å². The summed E-state index contributed by atoms with van der Waals surface area (Å²) in [5, 5.41) is 4.61. The number of hydrazine groups is 1. The maximum absolute atomic E-state index is 5.34. The lowest BCUT2D eigenvalue weighted by molar-refractivity contribution is 0.135. The van der Waals surface area contributed by atoms with Gasteiger partial charge in [0.25, 0.3) is 0 Å². The van der Waals surface area contributed by atoms with Crippen LogP contribution >= 0.6 is 0 Å². The summed E-state index contributed by atoms with van der Waals surface area (Å²) in [7, 11) is 1.69. The predicted molar refractivity (Wildman–Crippen MR) is 86.5 cm³/mol. The van der Waals surface area contributed by atoms with Crippen LogP contribution in [0.4, 0.5) is 5.82 Å². The molecule has 0 bridgehead atoms. The van der Waals surface area contributed by atoms with Gasteiger partial charge in [0.1, 0.15) is 11.6 Å². The number of nitrogens with one attached hydrogen (secondary N) is 1. The van der Waals surface area contributed by atoms with Crippen molar-refractivity contribution >= 4 is 16.6 Å². The van der Waals surface area contributed by atoms with E-state index >= 15 is 0 Å². The van der Waals surface area contributed by atoms with Gasteiger partial charge in [-0.15, -0.1) is 0 Å². The van der Waals surface area contributed by atoms with Crippen molar-refractivity contribution in [1.29, 1.82) is 0 Å². The highest BCUT2D eigenvalue weighted by Crippen LogP contribution is 2.28. The van der Waals surface area contributed by atoms with Crippen molar-refractivity contribution in [2.45, 2.75) is 45.2 Å². The van der Waals surface area contributed by atoms with Crippen LogP contribution in [0.3, 0.4) is 0 Å². The Morgan fingerprint density at radius 3 is 2.67 bits per heavy atom. The van der Waals surface area contributed by atoms with Crippen LogP contribution in [-0.4, -0.2) is 29.2 Å². The Balaban J connectivity index is 1.95. The van der Waals surface area contributed by atoms with E-state index in [9.17, 15) is 0 Å². The van der Waals surface area contributed by atoms with Crippen LogP contribution in [0.15, 0.2) is 30.5 Å². The normalized spacial score (nSPS) is 23.2. The number of hydrogen-bond donors (Lipinski definition) is 1. The molecule has 4 heteroatoms. The molecule has 0 saturated carbocycles. The minimum Gasteiger partial charge on any atom is -0.497 e. The van der Waals surface area contributed by atoms with Crippen LogP contribution in [0, 0.1) is 0 Å². The van der Waals surface area contributed by atoms with Crippen molar-refractivity contribution < 1.29 is 4.74 Å². The number of ether oxygens (including phenoxy) is 1. The monoisotopic (exact) mass is 285 g/mol. The molecular weight excluding hydrogens is 262 g/mol. The molecule has 0 spiro atoms. The van der Waals surface area contributed by atoms with Gasteiger partial charge < -0.3 is 10.2 Å². The molecule has 21 heavy (non-hydrogen) atoms. The summed E-state index contributed by atoms with van der Waals surface area (Å²) in [5.41, 5.74) is 3.54. The molecule has 1 aliphatic heterocycles. The Labute approximate surface area is 126 Å². The topological polar surface area (TPSA) is 37.4 Å². The fourth-order valence-corrected chi connectivity index (χ4v) is 3.13. The fourth-order valence-electron chi connectivity index (χ4n) is 3.13. The first-order chi connectivity index (χ1) is 10.2. The van der Waals surface area contributed by atoms with Gasteiger partial charge in [0, 0.05) is 23.7 Å². The van der Waals surface area contributed by atoms with Gasteiger partial charge in [-0.25, -0.2) is 9.99 Å². The summed E-state index contributed by atoms with van der Waals surface area (Å²) in [6.45, 7) is 4.54. The quantitative estimate of drug-likeness (QED) is 0.930. The molecule has 2 aromatic rings. The maximum Gasteiger partial charge on any atom is 0.148 e. The first-order valence-electron chi connectivity index (χ1n) is 7.67. The summed E-state index contributed by atoms with van der Waals surface area (Å²) in [6, 6.07) is 9.18. The summed E-state index contributed by atoms with van der Waals surface area (Å²) in [4.78, 5) is 4.54. The van der Waals surface area contributed by atoms with Crippen molar-refractivity contribution in [2.24, 2.45) is 0 Å². The molecule has 1 aliphatic rings. The van der Waals surface area contributed by atoms with Crippen molar-refractivity contribution in [3.63, 3.8) is 0 Å². The minimum atomic E-state index is 0.524. The van der Waals surface area contributed by atoms with E-state index in [0.29, 0.717) is 12.1 Å². The van der Waals surface area contributed by atoms with E-state index in [4.69, 9.17) is 4.74 Å². The zero-order chi connectivity index (χ0) is 14.8. The lowest BCUT2D eigenvalue weighted by Gasteiger charge is -2.39. The molecule has 0 radical (unpaired) electrons. The van der Waals surface area contributed by atoms with Gasteiger partial charge >= 0.3 is 0 Å². The van der Waals surface area contributed by atoms with E-state index in [0.717, 1.165) is 17.0 Å². The molecule has 0 aliphatic carbocycles. The molecule has 1 N–H and O–H groups in total. The molecule has 2 atom stereocenters. The lowest BCUT2D eigenvalue weighted by atomic mass is 10.00. The van der Waals surface area contributed by atoms with Crippen molar-refractivity contribution in [3.8, 4) is 5.75 Å². The van der Waals surface area contributed by atoms with Crippen LogP contribution in [0.1, 0.15) is 33.1 Å². The Bertz CT molecular complexity index is 618. The standard InChI is InChI=1S/C17H23N3O/c1-12-5-4-6-13(2)20(12)19-17-16-11-15(21-3)8-7-14(16)9-10-18-17/h7-13H,4-6H2,1-3H3,(H,18,19). The first-order valence-corrected chi connectivity index (χ1v) is 7.67. The van der Waals surface area contributed by atoms with Gasteiger partial charge in [-0.2, -0.15) is 0 Å². The minimum absolute atomic E-state index is 0.524. The smallest absolute Gasteiger partial charge is 0.148 e. The van der Waals surface area contributed by atoms with Crippen LogP contribution in [0.25, 0.3) is 10.8 Å². The van der Waals surface area contributed by atoms with Gasteiger partial charge in [0.05, 0.1) is 7.11 Å². The second-order valence-electron chi connectivity index (χ2n) is 5.89. The molecule has 1 aromatic heterocycles. The molecule has 1 aromatic carbocycles. The number of methoxy groups -OCH3 is 1. The highest BCUT2D eigenvalue weighted by molar-refractivity contribution is 5.92. The zero-order valence-electron chi connectivity index (χ0n) is 13.0. The summed E-state index contributed by atoms with van der Waals surface area (Å²) in [6.07, 6.45) is 5.62. The van der Waals surface area contributed by atoms with Crippen LogP contribution < -0.4 is 10.2 Å². The van der Waals surface area contributed by atoms with E-state index in [1.807, 2.05) is 24.4 Å². The molecule has 112 valence electrons. The second kappa shape index (κ2) is 5.90. The fraction of sp³-hybridized carbons (Fsp3) is 0.471. The van der Waals surface area contributed by atoms with Gasteiger partial charge in [0.15, 0.2) is 0 Å². The largest absolute Gasteiger partial charge is 0.497 e. The number of benzene rings is 1. The highest BCUT2D eigenvalue weighted by atomic mass is 16.5. The van der Waals surface area contributed by atoms with E-state index in [2.05, 4.69) is 35.3 Å². The predicted octanol–water partition coefficient (Wildman–Crippen LogP) is 3.83. The Morgan fingerprint density at radius 2 is 1.95 bits per heavy atom. The van der Waals surface area contributed by atoms with E-state index in [-0.39, 0.29) is 0 Å². The maximum atomic E-state index is 5.34. The second-order valence-corrected chi connectivity index (χ2v) is 5.89. The summed E-state index contributed by atoms with van der Waals surface area (Å²) in [5.74, 6) is 1.77. The lowest BCUT2D eigenvalue weighted by Crippen LogP contribution is -2.47. The van der Waals surface area contributed by atoms with Crippen LogP contribution in [0.2, 0.25) is 0 Å². The third-order valence-corrected chi connectivity index (χ3v) is 4.40. The SMILES string of the molecule is COc1ccc2ccnc(NN3C(C)CCCC3C)c2c1. The molecule has 1 fully saturated rings. The van der Waals surface area contributed by atoms with Gasteiger partial charge in [-0.1, -0.05) is 12.5 Å². The van der Waals surface area contributed by atoms with Gasteiger partial charge in [-0.3, -0.25) is 0 Å². The Hall–Kier alpha value is -1.81. The van der Waals surface area contributed by atoms with Crippen molar-refractivity contribution in [2.75, 3.05) is 12.5 Å². The average molecular weight is 285 g/mol. The average Bonchev–Trinajstić information content (AvgIpc) is 2.50. The first kappa shape index (κ1) is 14.1. The summed E-state index contributed by atoms with van der Waals surface area (Å²) < 4.78 is 5.34. The van der Waals surface area contributed by atoms with Crippen molar-refractivity contribution in [3.05, 3.63) is 30.5 Å². The molecule has 2 heterocycles. The van der Waals surface area contributed by atoms with Crippen LogP contribution in [-0.2, 0) is 0 Å². The molecule has 2 unspecified atom stereocenters. The number of rotatable bonds is 3. The number of fused-ring (bicyclic) bond motifs is 1. The number of hydrogen-bond acceptors (Lipinski definition) is 4.